The normalized spacial score (nSPS) is 11.6. The van der Waals surface area contributed by atoms with E-state index in [9.17, 15) is 30.0 Å². The zero-order valence-corrected chi connectivity index (χ0v) is 14.1. The second-order valence-corrected chi connectivity index (χ2v) is 6.15. The smallest absolute Gasteiger partial charge is 0.337 e. The molecule has 0 saturated carbocycles. The number of phenolic OH excluding ortho intramolecular Hbond substituents is 2. The van der Waals surface area contributed by atoms with Gasteiger partial charge < -0.3 is 30.5 Å². The van der Waals surface area contributed by atoms with Crippen LogP contribution in [0.5, 0.6) is 23.0 Å². The minimum atomic E-state index is -1.28. The van der Waals surface area contributed by atoms with Crippen LogP contribution in [0.15, 0.2) is 48.5 Å². The molecule has 28 heavy (non-hydrogen) atoms. The number of carboxylic acid groups (broad SMARTS) is 2. The molecular weight excluding hydrogens is 366 g/mol. The summed E-state index contributed by atoms with van der Waals surface area (Å²) in [5, 5.41) is 40.7. The number of ether oxygens (including phenoxy) is 1. The molecule has 0 spiro atoms. The molecule has 3 aromatic carbocycles. The molecule has 140 valence electrons. The van der Waals surface area contributed by atoms with Gasteiger partial charge in [0.05, 0.1) is 22.5 Å². The molecule has 8 heteroatoms. The van der Waals surface area contributed by atoms with Crippen LogP contribution in [0.2, 0.25) is 0 Å². The Morgan fingerprint density at radius 2 is 1.50 bits per heavy atom. The highest BCUT2D eigenvalue weighted by Crippen LogP contribution is 2.46. The van der Waals surface area contributed by atoms with Crippen LogP contribution in [0.4, 0.5) is 11.4 Å². The van der Waals surface area contributed by atoms with E-state index < -0.39 is 11.9 Å². The van der Waals surface area contributed by atoms with Gasteiger partial charge in [0.25, 0.3) is 0 Å². The Balaban J connectivity index is 1.79. The van der Waals surface area contributed by atoms with Gasteiger partial charge in [0.2, 0.25) is 0 Å². The summed E-state index contributed by atoms with van der Waals surface area (Å²) in [5.74, 6) is -2.62. The fraction of sp³-hybridized carbons (Fsp3) is 0. The molecule has 8 nitrogen and oxygen atoms in total. The van der Waals surface area contributed by atoms with E-state index in [1.165, 1.54) is 18.2 Å². The van der Waals surface area contributed by atoms with Gasteiger partial charge in [0, 0.05) is 0 Å². The van der Waals surface area contributed by atoms with Crippen LogP contribution >= 0.6 is 0 Å². The summed E-state index contributed by atoms with van der Waals surface area (Å²) in [6.07, 6.45) is 0. The molecule has 0 amide bonds. The van der Waals surface area contributed by atoms with Gasteiger partial charge in [-0.3, -0.25) is 0 Å². The second kappa shape index (κ2) is 6.20. The number of anilines is 2. The van der Waals surface area contributed by atoms with Gasteiger partial charge in [-0.2, -0.15) is 0 Å². The van der Waals surface area contributed by atoms with Crippen LogP contribution in [0.1, 0.15) is 20.7 Å². The number of aromatic hydroxyl groups is 2. The van der Waals surface area contributed by atoms with E-state index in [1.807, 2.05) is 0 Å². The standard InChI is InChI=1S/C20H13NO7/c22-14-4-2-9(6-15(14)23)10-1-3-13-16(7-10)28-17-8-11(19(24)25)5-12(20(26)27)18(17)21-13/h1-8,21-23H,(H,24,25)(H,26,27). The lowest BCUT2D eigenvalue weighted by atomic mass is 10.0. The monoisotopic (exact) mass is 379 g/mol. The Morgan fingerprint density at radius 3 is 2.18 bits per heavy atom. The molecule has 5 N–H and O–H groups in total. The third-order valence-electron chi connectivity index (χ3n) is 4.35. The predicted octanol–water partition coefficient (Wildman–Crippen LogP) is 4.01. The van der Waals surface area contributed by atoms with Crippen molar-refractivity contribution < 1.29 is 34.8 Å². The number of aromatic carboxylic acids is 2. The highest BCUT2D eigenvalue weighted by molar-refractivity contribution is 6.02. The van der Waals surface area contributed by atoms with E-state index in [1.54, 1.807) is 24.3 Å². The molecule has 0 radical (unpaired) electrons. The van der Waals surface area contributed by atoms with Gasteiger partial charge >= 0.3 is 11.9 Å². The summed E-state index contributed by atoms with van der Waals surface area (Å²) in [6.45, 7) is 0. The maximum atomic E-state index is 11.5. The van der Waals surface area contributed by atoms with E-state index in [4.69, 9.17) is 4.74 Å². The molecule has 0 unspecified atom stereocenters. The molecule has 3 aromatic rings. The van der Waals surface area contributed by atoms with Crippen molar-refractivity contribution in [1.29, 1.82) is 0 Å². The molecule has 0 atom stereocenters. The average molecular weight is 379 g/mol. The topological polar surface area (TPSA) is 136 Å². The predicted molar refractivity (Wildman–Crippen MR) is 98.9 cm³/mol. The minimum absolute atomic E-state index is 0.0792. The maximum Gasteiger partial charge on any atom is 0.337 e. The molecule has 1 aliphatic heterocycles. The fourth-order valence-electron chi connectivity index (χ4n) is 2.96. The van der Waals surface area contributed by atoms with Crippen molar-refractivity contribution in [2.75, 3.05) is 5.32 Å². The average Bonchev–Trinajstić information content (AvgIpc) is 2.67. The van der Waals surface area contributed by atoms with E-state index in [-0.39, 0.29) is 34.1 Å². The Morgan fingerprint density at radius 1 is 0.786 bits per heavy atom. The number of benzene rings is 3. The third-order valence-corrected chi connectivity index (χ3v) is 4.35. The van der Waals surface area contributed by atoms with Crippen molar-refractivity contribution in [3.05, 3.63) is 59.7 Å². The molecule has 0 aromatic heterocycles. The zero-order valence-electron chi connectivity index (χ0n) is 14.1. The Labute approximate surface area is 157 Å². The molecule has 0 saturated heterocycles. The summed E-state index contributed by atoms with van der Waals surface area (Å²) in [5.41, 5.74) is 1.55. The molecular formula is C20H13NO7. The van der Waals surface area contributed by atoms with Gasteiger partial charge in [-0.1, -0.05) is 12.1 Å². The number of carbonyl (C=O) groups is 2. The number of phenols is 2. The van der Waals surface area contributed by atoms with Crippen molar-refractivity contribution in [1.82, 2.24) is 0 Å². The van der Waals surface area contributed by atoms with E-state index in [2.05, 4.69) is 5.32 Å². The van der Waals surface area contributed by atoms with Gasteiger partial charge in [0.15, 0.2) is 23.0 Å². The van der Waals surface area contributed by atoms with E-state index in [0.717, 1.165) is 6.07 Å². The number of rotatable bonds is 3. The lowest BCUT2D eigenvalue weighted by Gasteiger charge is -2.24. The molecule has 0 fully saturated rings. The lowest BCUT2D eigenvalue weighted by molar-refractivity contribution is 0.0696. The first-order valence-corrected chi connectivity index (χ1v) is 8.09. The van der Waals surface area contributed by atoms with Crippen molar-refractivity contribution in [2.24, 2.45) is 0 Å². The van der Waals surface area contributed by atoms with Crippen molar-refractivity contribution in [2.45, 2.75) is 0 Å². The minimum Gasteiger partial charge on any atom is -0.504 e. The number of hydrogen-bond donors (Lipinski definition) is 5. The van der Waals surface area contributed by atoms with Crippen LogP contribution in [-0.4, -0.2) is 32.4 Å². The van der Waals surface area contributed by atoms with Gasteiger partial charge in [0.1, 0.15) is 0 Å². The number of fused-ring (bicyclic) bond motifs is 2. The molecule has 1 heterocycles. The highest BCUT2D eigenvalue weighted by Gasteiger charge is 2.25. The van der Waals surface area contributed by atoms with Crippen LogP contribution in [0.3, 0.4) is 0 Å². The van der Waals surface area contributed by atoms with Gasteiger partial charge in [-0.15, -0.1) is 0 Å². The van der Waals surface area contributed by atoms with Gasteiger partial charge in [-0.25, -0.2) is 9.59 Å². The molecule has 0 aliphatic carbocycles. The summed E-state index contributed by atoms with van der Waals surface area (Å²) >= 11 is 0. The quantitative estimate of drug-likeness (QED) is 0.337. The van der Waals surface area contributed by atoms with Crippen molar-refractivity contribution in [3.63, 3.8) is 0 Å². The van der Waals surface area contributed by atoms with Gasteiger partial charge in [-0.05, 0) is 47.5 Å². The van der Waals surface area contributed by atoms with E-state index >= 15 is 0 Å². The first-order valence-electron chi connectivity index (χ1n) is 8.09. The Hall–Kier alpha value is -4.20. The molecule has 1 aliphatic rings. The maximum absolute atomic E-state index is 11.5. The first kappa shape index (κ1) is 17.2. The third kappa shape index (κ3) is 2.82. The lowest BCUT2D eigenvalue weighted by Crippen LogP contribution is -2.11. The summed E-state index contributed by atoms with van der Waals surface area (Å²) in [7, 11) is 0. The molecule has 4 rings (SSSR count). The molecule has 0 bridgehead atoms. The van der Waals surface area contributed by atoms with Crippen LogP contribution < -0.4 is 10.1 Å². The Bertz CT molecular complexity index is 1150. The first-order chi connectivity index (χ1) is 13.3. The number of nitrogens with one attached hydrogen (secondary N) is 1. The summed E-state index contributed by atoms with van der Waals surface area (Å²) in [6, 6.07) is 11.8. The van der Waals surface area contributed by atoms with E-state index in [0.29, 0.717) is 22.6 Å². The van der Waals surface area contributed by atoms with Crippen LogP contribution in [0, 0.1) is 0 Å². The Kier molecular flexibility index (Phi) is 3.82. The number of hydrogen-bond acceptors (Lipinski definition) is 6. The zero-order chi connectivity index (χ0) is 20.0. The highest BCUT2D eigenvalue weighted by atomic mass is 16.5. The largest absolute Gasteiger partial charge is 0.504 e. The second-order valence-electron chi connectivity index (χ2n) is 6.15. The summed E-state index contributed by atoms with van der Waals surface area (Å²) in [4.78, 5) is 22.8. The number of carboxylic acids is 2. The summed E-state index contributed by atoms with van der Waals surface area (Å²) < 4.78 is 5.77. The van der Waals surface area contributed by atoms with Crippen LogP contribution in [-0.2, 0) is 0 Å². The SMILES string of the molecule is O=C(O)c1cc2c(c(C(=O)O)c1)Nc1ccc(-c3ccc(O)c(O)c3)cc1O2. The van der Waals surface area contributed by atoms with Crippen molar-refractivity contribution in [3.8, 4) is 34.1 Å². The fourth-order valence-corrected chi connectivity index (χ4v) is 2.96. The van der Waals surface area contributed by atoms with Crippen molar-refractivity contribution >= 4 is 23.3 Å². The van der Waals surface area contributed by atoms with Crippen LogP contribution in [0.25, 0.3) is 11.1 Å².